The Morgan fingerprint density at radius 1 is 1.17 bits per heavy atom. The van der Waals surface area contributed by atoms with Gasteiger partial charge in [0, 0.05) is 32.7 Å². The monoisotopic (exact) mass is 397 g/mol. The van der Waals surface area contributed by atoms with Crippen molar-refractivity contribution in [1.29, 1.82) is 0 Å². The van der Waals surface area contributed by atoms with Gasteiger partial charge in [-0.15, -0.1) is 24.8 Å². The molecule has 1 amide bonds. The van der Waals surface area contributed by atoms with Crippen LogP contribution in [0, 0.1) is 0 Å². The van der Waals surface area contributed by atoms with Crippen molar-refractivity contribution in [3.05, 3.63) is 0 Å². The van der Waals surface area contributed by atoms with Crippen molar-refractivity contribution in [3.63, 3.8) is 0 Å². The van der Waals surface area contributed by atoms with Crippen LogP contribution >= 0.6 is 24.8 Å². The van der Waals surface area contributed by atoms with Gasteiger partial charge in [0.25, 0.3) is 5.91 Å². The van der Waals surface area contributed by atoms with Crippen molar-refractivity contribution in [2.45, 2.75) is 32.5 Å². The van der Waals surface area contributed by atoms with Gasteiger partial charge in [0.2, 0.25) is 0 Å². The molecule has 1 unspecified atom stereocenters. The predicted molar refractivity (Wildman–Crippen MR) is 92.1 cm³/mol. The number of rotatable bonds is 8. The quantitative estimate of drug-likeness (QED) is 0.679. The van der Waals surface area contributed by atoms with E-state index in [2.05, 4.69) is 10.2 Å². The second kappa shape index (κ2) is 13.0. The maximum absolute atomic E-state index is 12.5. The van der Waals surface area contributed by atoms with E-state index in [0.717, 1.165) is 13.1 Å². The maximum atomic E-state index is 12.5. The molecule has 1 atom stereocenters. The van der Waals surface area contributed by atoms with Gasteiger partial charge in [-0.1, -0.05) is 13.8 Å². The number of nitrogens with zero attached hydrogens (tertiary/aromatic N) is 2. The van der Waals surface area contributed by atoms with Gasteiger partial charge in [0.05, 0.1) is 13.0 Å². The summed E-state index contributed by atoms with van der Waals surface area (Å²) in [6.07, 6.45) is -5.94. The minimum absolute atomic E-state index is 0. The van der Waals surface area contributed by atoms with Gasteiger partial charge in [-0.2, -0.15) is 13.2 Å². The average molecular weight is 398 g/mol. The Morgan fingerprint density at radius 3 is 2.25 bits per heavy atom. The first-order valence-corrected chi connectivity index (χ1v) is 7.77. The third-order valence-corrected chi connectivity index (χ3v) is 3.76. The van der Waals surface area contributed by atoms with Crippen LogP contribution in [-0.2, 0) is 9.53 Å². The minimum Gasteiger partial charge on any atom is -0.366 e. The average Bonchev–Trinajstić information content (AvgIpc) is 2.50. The van der Waals surface area contributed by atoms with Crippen LogP contribution < -0.4 is 5.32 Å². The molecule has 1 rings (SSSR count). The standard InChI is InChI=1S/C14H26F3N3O2.2ClH/c1-3-19(4-2)8-9-20(7-5-14(15,16)17)13(21)12-11-18-6-10-22-12;;/h12,18H,3-11H2,1-2H3;2*1H. The smallest absolute Gasteiger partial charge is 0.366 e. The highest BCUT2D eigenvalue weighted by Gasteiger charge is 2.32. The number of likely N-dealkylation sites (N-methyl/N-ethyl adjacent to an activating group) is 1. The SMILES string of the molecule is CCN(CC)CCN(CCC(F)(F)F)C(=O)C1CNCCO1.Cl.Cl. The first-order chi connectivity index (χ1) is 10.4. The number of hydrogen-bond donors (Lipinski definition) is 1. The first-order valence-electron chi connectivity index (χ1n) is 7.77. The van der Waals surface area contributed by atoms with E-state index in [4.69, 9.17) is 4.74 Å². The number of hydrogen-bond acceptors (Lipinski definition) is 4. The van der Waals surface area contributed by atoms with Crippen molar-refractivity contribution >= 4 is 30.7 Å². The van der Waals surface area contributed by atoms with E-state index in [0.29, 0.717) is 26.2 Å². The van der Waals surface area contributed by atoms with Gasteiger partial charge in [-0.05, 0) is 13.1 Å². The zero-order chi connectivity index (χ0) is 16.6. The lowest BCUT2D eigenvalue weighted by Crippen LogP contribution is -2.51. The summed E-state index contributed by atoms with van der Waals surface area (Å²) in [5.74, 6) is -0.358. The van der Waals surface area contributed by atoms with E-state index < -0.39 is 18.7 Å². The molecule has 0 radical (unpaired) electrons. The van der Waals surface area contributed by atoms with Gasteiger partial charge in [-0.3, -0.25) is 4.79 Å². The normalized spacial score (nSPS) is 17.8. The lowest BCUT2D eigenvalue weighted by atomic mass is 10.2. The summed E-state index contributed by atoms with van der Waals surface area (Å²) < 4.78 is 42.7. The van der Waals surface area contributed by atoms with Crippen molar-refractivity contribution in [2.24, 2.45) is 0 Å². The van der Waals surface area contributed by atoms with E-state index in [1.54, 1.807) is 0 Å². The van der Waals surface area contributed by atoms with Crippen LogP contribution in [-0.4, -0.2) is 80.4 Å². The molecule has 0 aromatic carbocycles. The molecular weight excluding hydrogens is 370 g/mol. The van der Waals surface area contributed by atoms with E-state index in [-0.39, 0.29) is 43.8 Å². The molecule has 1 aliphatic rings. The summed E-state index contributed by atoms with van der Waals surface area (Å²) in [7, 11) is 0. The molecule has 0 aromatic heterocycles. The lowest BCUT2D eigenvalue weighted by Gasteiger charge is -2.31. The van der Waals surface area contributed by atoms with Crippen LogP contribution in [0.4, 0.5) is 13.2 Å². The van der Waals surface area contributed by atoms with Crippen molar-refractivity contribution < 1.29 is 22.7 Å². The molecule has 1 fully saturated rings. The van der Waals surface area contributed by atoms with E-state index >= 15 is 0 Å². The highest BCUT2D eigenvalue weighted by Crippen LogP contribution is 2.20. The van der Waals surface area contributed by atoms with Crippen molar-refractivity contribution in [3.8, 4) is 0 Å². The molecule has 0 aliphatic carbocycles. The van der Waals surface area contributed by atoms with Gasteiger partial charge in [-0.25, -0.2) is 0 Å². The molecule has 1 saturated heterocycles. The van der Waals surface area contributed by atoms with Gasteiger partial charge in [0.1, 0.15) is 6.10 Å². The molecule has 0 bridgehead atoms. The van der Waals surface area contributed by atoms with Crippen LogP contribution in [0.15, 0.2) is 0 Å². The van der Waals surface area contributed by atoms with Crippen molar-refractivity contribution in [2.75, 3.05) is 52.4 Å². The molecule has 0 aromatic rings. The zero-order valence-corrected chi connectivity index (χ0v) is 15.7. The molecule has 146 valence electrons. The largest absolute Gasteiger partial charge is 0.390 e. The topological polar surface area (TPSA) is 44.8 Å². The zero-order valence-electron chi connectivity index (χ0n) is 14.1. The summed E-state index contributed by atoms with van der Waals surface area (Å²) >= 11 is 0. The highest BCUT2D eigenvalue weighted by molar-refractivity contribution is 5.85. The Bertz CT molecular complexity index is 340. The summed E-state index contributed by atoms with van der Waals surface area (Å²) in [5.41, 5.74) is 0. The lowest BCUT2D eigenvalue weighted by molar-refractivity contribution is -0.153. The Morgan fingerprint density at radius 2 is 1.79 bits per heavy atom. The number of ether oxygens (including phenoxy) is 1. The maximum Gasteiger partial charge on any atom is 0.390 e. The Balaban J connectivity index is 0. The van der Waals surface area contributed by atoms with Crippen LogP contribution in [0.3, 0.4) is 0 Å². The van der Waals surface area contributed by atoms with Crippen LogP contribution in [0.1, 0.15) is 20.3 Å². The summed E-state index contributed by atoms with van der Waals surface area (Å²) in [4.78, 5) is 15.7. The first kappa shape index (κ1) is 26.0. The molecule has 1 aliphatic heterocycles. The highest BCUT2D eigenvalue weighted by atomic mass is 35.5. The summed E-state index contributed by atoms with van der Waals surface area (Å²) in [5, 5.41) is 3.03. The number of nitrogens with one attached hydrogen (secondary N) is 1. The van der Waals surface area contributed by atoms with Gasteiger partial charge >= 0.3 is 6.18 Å². The van der Waals surface area contributed by atoms with E-state index in [9.17, 15) is 18.0 Å². The minimum atomic E-state index is -4.26. The number of halogens is 5. The Kier molecular flexibility index (Phi) is 14.1. The van der Waals surface area contributed by atoms with Crippen LogP contribution in [0.5, 0.6) is 0 Å². The van der Waals surface area contributed by atoms with E-state index in [1.165, 1.54) is 4.90 Å². The van der Waals surface area contributed by atoms with Crippen molar-refractivity contribution in [1.82, 2.24) is 15.1 Å². The third-order valence-electron chi connectivity index (χ3n) is 3.76. The Labute approximate surface area is 154 Å². The van der Waals surface area contributed by atoms with Gasteiger partial charge in [0.15, 0.2) is 0 Å². The third kappa shape index (κ3) is 9.88. The molecular formula is C14H28Cl2F3N3O2. The van der Waals surface area contributed by atoms with Gasteiger partial charge < -0.3 is 19.9 Å². The molecule has 5 nitrogen and oxygen atoms in total. The summed E-state index contributed by atoms with van der Waals surface area (Å²) in [6.45, 7) is 7.53. The number of morpholine rings is 1. The number of alkyl halides is 3. The summed E-state index contributed by atoms with van der Waals surface area (Å²) in [6, 6.07) is 0. The molecule has 10 heteroatoms. The fourth-order valence-corrected chi connectivity index (χ4v) is 2.32. The molecule has 24 heavy (non-hydrogen) atoms. The van der Waals surface area contributed by atoms with Crippen LogP contribution in [0.25, 0.3) is 0 Å². The number of carbonyl (C=O) groups is 1. The molecule has 1 N–H and O–H groups in total. The second-order valence-corrected chi connectivity index (χ2v) is 5.28. The molecule has 0 spiro atoms. The number of amides is 1. The second-order valence-electron chi connectivity index (χ2n) is 5.28. The molecule has 1 heterocycles. The predicted octanol–water partition coefficient (Wildman–Crippen LogP) is 1.94. The fourth-order valence-electron chi connectivity index (χ4n) is 2.32. The molecule has 0 saturated carbocycles. The fraction of sp³-hybridized carbons (Fsp3) is 0.929. The number of carbonyl (C=O) groups excluding carboxylic acids is 1. The van der Waals surface area contributed by atoms with E-state index in [1.807, 2.05) is 13.8 Å². The Hall–Kier alpha value is -0.280. The van der Waals surface area contributed by atoms with Crippen LogP contribution in [0.2, 0.25) is 0 Å².